The van der Waals surface area contributed by atoms with E-state index in [-0.39, 0.29) is 12.5 Å². The Hall–Kier alpha value is -4.39. The van der Waals surface area contributed by atoms with Crippen LogP contribution in [0.25, 0.3) is 17.2 Å². The number of aliphatic carboxylic acids is 1. The molecule has 1 aliphatic rings. The van der Waals surface area contributed by atoms with Gasteiger partial charge >= 0.3 is 12.1 Å². The van der Waals surface area contributed by atoms with Crippen LogP contribution in [0.4, 0.5) is 4.79 Å². The van der Waals surface area contributed by atoms with Gasteiger partial charge in [0.1, 0.15) is 13.2 Å². The van der Waals surface area contributed by atoms with Crippen LogP contribution in [0.3, 0.4) is 0 Å². The monoisotopic (exact) mass is 470 g/mol. The summed E-state index contributed by atoms with van der Waals surface area (Å²) in [5, 5.41) is 13.9. The predicted octanol–water partition coefficient (Wildman–Crippen LogP) is 4.44. The van der Waals surface area contributed by atoms with Gasteiger partial charge in [0.05, 0.1) is 0 Å². The summed E-state index contributed by atoms with van der Waals surface area (Å²) in [7, 11) is 0. The summed E-state index contributed by atoms with van der Waals surface area (Å²) in [6, 6.07) is 23.3. The van der Waals surface area contributed by atoms with E-state index in [9.17, 15) is 14.4 Å². The van der Waals surface area contributed by atoms with Gasteiger partial charge in [0.2, 0.25) is 0 Å². The number of rotatable bonds is 9. The lowest BCUT2D eigenvalue weighted by molar-refractivity contribution is -0.135. The van der Waals surface area contributed by atoms with E-state index in [0.29, 0.717) is 24.1 Å². The zero-order chi connectivity index (χ0) is 24.6. The first-order chi connectivity index (χ1) is 17.0. The Kier molecular flexibility index (Phi) is 7.57. The molecule has 4 rings (SSSR count). The molecular weight excluding hydrogens is 444 g/mol. The molecule has 0 fully saturated rings. The number of alkyl carbamates (subject to hydrolysis) is 1. The Morgan fingerprint density at radius 1 is 0.857 bits per heavy atom. The average Bonchev–Trinajstić information content (AvgIpc) is 3.19. The van der Waals surface area contributed by atoms with Crippen molar-refractivity contribution in [1.82, 2.24) is 10.6 Å². The number of carboxylic acid groups (broad SMARTS) is 1. The fraction of sp³-hybridized carbons (Fsp3) is 0.179. The third-order valence-electron chi connectivity index (χ3n) is 5.83. The third kappa shape index (κ3) is 5.76. The van der Waals surface area contributed by atoms with Gasteiger partial charge in [-0.15, -0.1) is 0 Å². The van der Waals surface area contributed by atoms with E-state index in [1.54, 1.807) is 30.3 Å². The number of carbonyl (C=O) groups is 3. The molecule has 0 atom stereocenters. The van der Waals surface area contributed by atoms with Gasteiger partial charge in [0.15, 0.2) is 0 Å². The quantitative estimate of drug-likeness (QED) is 0.401. The number of hydrogen-bond donors (Lipinski definition) is 3. The van der Waals surface area contributed by atoms with Crippen molar-refractivity contribution in [2.45, 2.75) is 12.3 Å². The van der Waals surface area contributed by atoms with Crippen molar-refractivity contribution in [3.63, 3.8) is 0 Å². The van der Waals surface area contributed by atoms with Crippen molar-refractivity contribution in [3.05, 3.63) is 101 Å². The van der Waals surface area contributed by atoms with Crippen molar-refractivity contribution in [2.75, 3.05) is 19.7 Å². The molecular formula is C28H26N2O5. The summed E-state index contributed by atoms with van der Waals surface area (Å²) in [4.78, 5) is 35.1. The van der Waals surface area contributed by atoms with Gasteiger partial charge in [0, 0.05) is 18.0 Å². The number of carboxylic acids is 1. The summed E-state index contributed by atoms with van der Waals surface area (Å²) in [6.45, 7) is 0.190. The van der Waals surface area contributed by atoms with Crippen LogP contribution in [0, 0.1) is 0 Å². The zero-order valence-electron chi connectivity index (χ0n) is 19.1. The molecule has 2 amide bonds. The van der Waals surface area contributed by atoms with E-state index in [4.69, 9.17) is 9.84 Å². The number of fused-ring (bicyclic) bond motifs is 3. The number of nitrogens with one attached hydrogen (secondary N) is 2. The Bertz CT molecular complexity index is 1220. The molecule has 3 N–H and O–H groups in total. The van der Waals surface area contributed by atoms with Gasteiger partial charge in [0.25, 0.3) is 5.91 Å². The van der Waals surface area contributed by atoms with Crippen molar-refractivity contribution in [1.29, 1.82) is 0 Å². The summed E-state index contributed by atoms with van der Waals surface area (Å²) in [5.74, 6) is -1.55. The Morgan fingerprint density at radius 3 is 2.17 bits per heavy atom. The smallest absolute Gasteiger partial charge is 0.407 e. The van der Waals surface area contributed by atoms with Crippen molar-refractivity contribution >= 4 is 24.0 Å². The maximum atomic E-state index is 12.3. The minimum Gasteiger partial charge on any atom is -0.480 e. The molecule has 0 radical (unpaired) electrons. The number of ether oxygens (including phenoxy) is 1. The van der Waals surface area contributed by atoms with Crippen LogP contribution in [0.2, 0.25) is 0 Å². The molecule has 0 spiro atoms. The van der Waals surface area contributed by atoms with E-state index < -0.39 is 24.5 Å². The lowest BCUT2D eigenvalue weighted by atomic mass is 9.98. The highest BCUT2D eigenvalue weighted by Gasteiger charge is 2.28. The van der Waals surface area contributed by atoms with Gasteiger partial charge < -0.3 is 20.5 Å². The molecule has 0 saturated carbocycles. The van der Waals surface area contributed by atoms with Crippen molar-refractivity contribution in [2.24, 2.45) is 0 Å². The maximum absolute atomic E-state index is 12.3. The molecule has 0 aromatic heterocycles. The van der Waals surface area contributed by atoms with E-state index in [1.165, 1.54) is 11.1 Å². The van der Waals surface area contributed by atoms with Gasteiger partial charge in [-0.25, -0.2) is 4.79 Å². The molecule has 0 heterocycles. The molecule has 0 saturated heterocycles. The third-order valence-corrected chi connectivity index (χ3v) is 5.83. The van der Waals surface area contributed by atoms with E-state index in [1.807, 2.05) is 30.3 Å². The SMILES string of the molecule is O=C(O)CNC(=O)c1ccccc1C=CCCNC(=O)OCC1c2ccccc2-c2ccccc21. The Labute approximate surface area is 203 Å². The van der Waals surface area contributed by atoms with E-state index in [2.05, 4.69) is 34.9 Å². The lowest BCUT2D eigenvalue weighted by Crippen LogP contribution is -2.29. The molecule has 7 nitrogen and oxygen atoms in total. The van der Waals surface area contributed by atoms with Gasteiger partial charge in [-0.05, 0) is 40.3 Å². The van der Waals surface area contributed by atoms with Crippen LogP contribution in [0.15, 0.2) is 78.9 Å². The molecule has 3 aromatic carbocycles. The molecule has 0 aliphatic heterocycles. The predicted molar refractivity (Wildman–Crippen MR) is 133 cm³/mol. The van der Waals surface area contributed by atoms with Crippen LogP contribution in [-0.2, 0) is 9.53 Å². The van der Waals surface area contributed by atoms with Gasteiger partial charge in [-0.3, -0.25) is 9.59 Å². The number of hydrogen-bond acceptors (Lipinski definition) is 4. The number of benzene rings is 3. The van der Waals surface area contributed by atoms with Crippen LogP contribution in [-0.4, -0.2) is 42.8 Å². The molecule has 1 aliphatic carbocycles. The minimum absolute atomic E-state index is 0.0109. The lowest BCUT2D eigenvalue weighted by Gasteiger charge is -2.14. The second-order valence-electron chi connectivity index (χ2n) is 8.11. The fourth-order valence-corrected chi connectivity index (χ4v) is 4.22. The zero-order valence-corrected chi connectivity index (χ0v) is 19.1. The molecule has 178 valence electrons. The minimum atomic E-state index is -1.11. The second kappa shape index (κ2) is 11.2. The maximum Gasteiger partial charge on any atom is 0.407 e. The second-order valence-corrected chi connectivity index (χ2v) is 8.11. The summed E-state index contributed by atoms with van der Waals surface area (Å²) in [5.41, 5.74) is 5.73. The van der Waals surface area contributed by atoms with Gasteiger partial charge in [-0.2, -0.15) is 0 Å². The van der Waals surface area contributed by atoms with Crippen molar-refractivity contribution < 1.29 is 24.2 Å². The first kappa shape index (κ1) is 23.8. The molecule has 7 heteroatoms. The highest BCUT2D eigenvalue weighted by Crippen LogP contribution is 2.44. The number of carbonyl (C=O) groups excluding carboxylic acids is 2. The van der Waals surface area contributed by atoms with Crippen LogP contribution >= 0.6 is 0 Å². The van der Waals surface area contributed by atoms with Crippen LogP contribution in [0.1, 0.15) is 39.4 Å². The molecule has 0 bridgehead atoms. The Morgan fingerprint density at radius 2 is 1.49 bits per heavy atom. The van der Waals surface area contributed by atoms with Crippen LogP contribution < -0.4 is 10.6 Å². The summed E-state index contributed by atoms with van der Waals surface area (Å²) >= 11 is 0. The van der Waals surface area contributed by atoms with Gasteiger partial charge in [-0.1, -0.05) is 78.9 Å². The summed E-state index contributed by atoms with van der Waals surface area (Å²) in [6.07, 6.45) is 3.67. The van der Waals surface area contributed by atoms with Crippen molar-refractivity contribution in [3.8, 4) is 11.1 Å². The highest BCUT2D eigenvalue weighted by atomic mass is 16.5. The first-order valence-corrected chi connectivity index (χ1v) is 11.4. The van der Waals surface area contributed by atoms with E-state index >= 15 is 0 Å². The summed E-state index contributed by atoms with van der Waals surface area (Å²) < 4.78 is 5.53. The van der Waals surface area contributed by atoms with Crippen LogP contribution in [0.5, 0.6) is 0 Å². The molecule has 35 heavy (non-hydrogen) atoms. The number of amides is 2. The topological polar surface area (TPSA) is 105 Å². The highest BCUT2D eigenvalue weighted by molar-refractivity contribution is 5.99. The first-order valence-electron chi connectivity index (χ1n) is 11.4. The normalized spacial score (nSPS) is 12.1. The Balaban J connectivity index is 1.26. The molecule has 3 aromatic rings. The van der Waals surface area contributed by atoms with E-state index in [0.717, 1.165) is 11.1 Å². The fourth-order valence-electron chi connectivity index (χ4n) is 4.22. The standard InChI is InChI=1S/C28H26N2O5/c31-26(32)17-30-27(33)20-11-2-1-9-19(20)10-7-8-16-29-28(34)35-18-25-23-14-5-3-12-21(23)22-13-4-6-15-24(22)25/h1-7,9-15,25H,8,16-18H2,(H,29,34)(H,30,33)(H,31,32). The molecule has 0 unspecified atom stereocenters. The largest absolute Gasteiger partial charge is 0.480 e. The average molecular weight is 471 g/mol.